The van der Waals surface area contributed by atoms with Crippen LogP contribution in [0.4, 0.5) is 11.4 Å². The van der Waals surface area contributed by atoms with Crippen LogP contribution in [0.2, 0.25) is 0 Å². The zero-order chi connectivity index (χ0) is 10.9. The Kier molecular flexibility index (Phi) is 2.56. The molecule has 1 aliphatic heterocycles. The Morgan fingerprint density at radius 2 is 1.93 bits per heavy atom. The Hall–Kier alpha value is -1.23. The van der Waals surface area contributed by atoms with Gasteiger partial charge in [0, 0.05) is 6.54 Å². The van der Waals surface area contributed by atoms with Crippen molar-refractivity contribution in [2.45, 2.75) is 12.8 Å². The van der Waals surface area contributed by atoms with Crippen LogP contribution in [-0.4, -0.2) is 20.7 Å². The van der Waals surface area contributed by atoms with Crippen LogP contribution in [0.1, 0.15) is 12.8 Å². The lowest BCUT2D eigenvalue weighted by atomic mass is 10.2. The first-order valence-corrected chi connectivity index (χ1v) is 6.57. The van der Waals surface area contributed by atoms with Crippen LogP contribution >= 0.6 is 0 Å². The van der Waals surface area contributed by atoms with E-state index in [2.05, 4.69) is 0 Å². The maximum absolute atomic E-state index is 11.8. The first kappa shape index (κ1) is 10.3. The van der Waals surface area contributed by atoms with Gasteiger partial charge in [0.1, 0.15) is 0 Å². The van der Waals surface area contributed by atoms with Crippen molar-refractivity contribution in [2.75, 3.05) is 22.3 Å². The van der Waals surface area contributed by atoms with Crippen molar-refractivity contribution in [2.24, 2.45) is 0 Å². The summed E-state index contributed by atoms with van der Waals surface area (Å²) in [6.45, 7) is 0.538. The third kappa shape index (κ3) is 1.92. The van der Waals surface area contributed by atoms with Crippen molar-refractivity contribution in [3.63, 3.8) is 0 Å². The molecular formula is C10H14N2O2S. The van der Waals surface area contributed by atoms with Crippen LogP contribution < -0.4 is 10.0 Å². The van der Waals surface area contributed by atoms with E-state index >= 15 is 0 Å². The molecule has 4 nitrogen and oxygen atoms in total. The third-order valence-electron chi connectivity index (χ3n) is 2.55. The summed E-state index contributed by atoms with van der Waals surface area (Å²) in [6, 6.07) is 7.07. The van der Waals surface area contributed by atoms with Crippen LogP contribution in [0.3, 0.4) is 0 Å². The quantitative estimate of drug-likeness (QED) is 0.732. The second kappa shape index (κ2) is 3.73. The Labute approximate surface area is 89.7 Å². The van der Waals surface area contributed by atoms with E-state index in [0.29, 0.717) is 17.9 Å². The molecule has 1 saturated heterocycles. The minimum absolute atomic E-state index is 0.224. The van der Waals surface area contributed by atoms with Crippen LogP contribution in [0.15, 0.2) is 24.3 Å². The fraction of sp³-hybridized carbons (Fsp3) is 0.400. The maximum Gasteiger partial charge on any atom is 0.235 e. The molecular weight excluding hydrogens is 212 g/mol. The summed E-state index contributed by atoms with van der Waals surface area (Å²) in [5.41, 5.74) is 6.89. The first-order valence-electron chi connectivity index (χ1n) is 4.96. The van der Waals surface area contributed by atoms with E-state index in [9.17, 15) is 8.42 Å². The largest absolute Gasteiger partial charge is 0.397 e. The van der Waals surface area contributed by atoms with E-state index in [1.807, 2.05) is 0 Å². The Balaban J connectivity index is 2.42. The molecule has 0 spiro atoms. The van der Waals surface area contributed by atoms with Gasteiger partial charge < -0.3 is 5.73 Å². The van der Waals surface area contributed by atoms with E-state index < -0.39 is 10.0 Å². The van der Waals surface area contributed by atoms with E-state index in [-0.39, 0.29) is 5.75 Å². The molecule has 0 bridgehead atoms. The maximum atomic E-state index is 11.8. The highest BCUT2D eigenvalue weighted by molar-refractivity contribution is 7.92. The second-order valence-corrected chi connectivity index (χ2v) is 5.67. The highest BCUT2D eigenvalue weighted by atomic mass is 32.2. The lowest BCUT2D eigenvalue weighted by Crippen LogP contribution is -2.38. The van der Waals surface area contributed by atoms with Crippen LogP contribution in [0, 0.1) is 0 Å². The lowest BCUT2D eigenvalue weighted by molar-refractivity contribution is 0.574. The van der Waals surface area contributed by atoms with Crippen LogP contribution in [-0.2, 0) is 10.0 Å². The van der Waals surface area contributed by atoms with Gasteiger partial charge in [-0.3, -0.25) is 4.31 Å². The molecule has 0 aliphatic carbocycles. The number of benzene rings is 1. The van der Waals surface area contributed by atoms with Gasteiger partial charge in [-0.1, -0.05) is 12.1 Å². The first-order chi connectivity index (χ1) is 7.11. The SMILES string of the molecule is Nc1ccccc1N1CCCCS1(=O)=O. The monoisotopic (exact) mass is 226 g/mol. The standard InChI is InChI=1S/C10H14N2O2S/c11-9-5-1-2-6-10(9)12-7-3-4-8-15(12,13)14/h1-2,5-6H,3-4,7-8,11H2. The summed E-state index contributed by atoms with van der Waals surface area (Å²) in [4.78, 5) is 0. The van der Waals surface area contributed by atoms with E-state index in [1.54, 1.807) is 24.3 Å². The average molecular weight is 226 g/mol. The highest BCUT2D eigenvalue weighted by Crippen LogP contribution is 2.28. The van der Waals surface area contributed by atoms with Crippen molar-refractivity contribution >= 4 is 21.4 Å². The topological polar surface area (TPSA) is 63.4 Å². The van der Waals surface area contributed by atoms with Crippen molar-refractivity contribution in [1.29, 1.82) is 0 Å². The molecule has 0 saturated carbocycles. The van der Waals surface area contributed by atoms with Gasteiger partial charge in [0.15, 0.2) is 0 Å². The number of nitrogens with two attached hydrogens (primary N) is 1. The number of sulfonamides is 1. The summed E-state index contributed by atoms with van der Waals surface area (Å²) in [7, 11) is -3.15. The summed E-state index contributed by atoms with van der Waals surface area (Å²) in [5.74, 6) is 0.224. The molecule has 1 heterocycles. The molecule has 0 unspecified atom stereocenters. The number of anilines is 2. The zero-order valence-electron chi connectivity index (χ0n) is 8.39. The van der Waals surface area contributed by atoms with E-state index in [0.717, 1.165) is 12.8 Å². The molecule has 1 aliphatic rings. The minimum atomic E-state index is -3.15. The zero-order valence-corrected chi connectivity index (χ0v) is 9.20. The molecule has 0 amide bonds. The summed E-state index contributed by atoms with van der Waals surface area (Å²) >= 11 is 0. The molecule has 2 N–H and O–H groups in total. The molecule has 1 fully saturated rings. The second-order valence-electron chi connectivity index (χ2n) is 3.65. The summed E-state index contributed by atoms with van der Waals surface area (Å²) in [6.07, 6.45) is 1.64. The normalized spacial score (nSPS) is 20.1. The van der Waals surface area contributed by atoms with Gasteiger partial charge in [-0.25, -0.2) is 8.42 Å². The third-order valence-corrected chi connectivity index (χ3v) is 4.41. The van der Waals surface area contributed by atoms with Gasteiger partial charge in [-0.05, 0) is 25.0 Å². The van der Waals surface area contributed by atoms with Crippen LogP contribution in [0.5, 0.6) is 0 Å². The highest BCUT2D eigenvalue weighted by Gasteiger charge is 2.26. The Morgan fingerprint density at radius 3 is 2.60 bits per heavy atom. The number of nitrogens with zero attached hydrogens (tertiary/aromatic N) is 1. The number of rotatable bonds is 1. The lowest BCUT2D eigenvalue weighted by Gasteiger charge is -2.29. The molecule has 0 atom stereocenters. The molecule has 15 heavy (non-hydrogen) atoms. The molecule has 1 aromatic carbocycles. The van der Waals surface area contributed by atoms with E-state index in [4.69, 9.17) is 5.73 Å². The van der Waals surface area contributed by atoms with Gasteiger partial charge in [0.05, 0.1) is 17.1 Å². The minimum Gasteiger partial charge on any atom is -0.397 e. The molecule has 0 radical (unpaired) electrons. The van der Waals surface area contributed by atoms with Gasteiger partial charge in [0.25, 0.3) is 0 Å². The van der Waals surface area contributed by atoms with Gasteiger partial charge >= 0.3 is 0 Å². The van der Waals surface area contributed by atoms with Gasteiger partial charge in [-0.15, -0.1) is 0 Å². The predicted molar refractivity (Wildman–Crippen MR) is 61.2 cm³/mol. The van der Waals surface area contributed by atoms with Gasteiger partial charge in [-0.2, -0.15) is 0 Å². The molecule has 1 aromatic rings. The van der Waals surface area contributed by atoms with Crippen molar-refractivity contribution in [3.8, 4) is 0 Å². The van der Waals surface area contributed by atoms with Crippen molar-refractivity contribution in [3.05, 3.63) is 24.3 Å². The number of para-hydroxylation sites is 2. The van der Waals surface area contributed by atoms with Crippen molar-refractivity contribution in [1.82, 2.24) is 0 Å². The van der Waals surface area contributed by atoms with Crippen molar-refractivity contribution < 1.29 is 8.42 Å². The van der Waals surface area contributed by atoms with Gasteiger partial charge in [0.2, 0.25) is 10.0 Å². The van der Waals surface area contributed by atoms with Crippen LogP contribution in [0.25, 0.3) is 0 Å². The predicted octanol–water partition coefficient (Wildman–Crippen LogP) is 1.20. The Bertz CT molecular complexity index is 456. The molecule has 5 heteroatoms. The molecule has 0 aromatic heterocycles. The smallest absolute Gasteiger partial charge is 0.235 e. The van der Waals surface area contributed by atoms with E-state index in [1.165, 1.54) is 4.31 Å². The summed E-state index contributed by atoms with van der Waals surface area (Å²) < 4.78 is 25.0. The fourth-order valence-corrected chi connectivity index (χ4v) is 3.44. The fourth-order valence-electron chi connectivity index (χ4n) is 1.77. The number of hydrogen-bond acceptors (Lipinski definition) is 3. The molecule has 82 valence electrons. The summed E-state index contributed by atoms with van der Waals surface area (Å²) in [5, 5.41) is 0. The average Bonchev–Trinajstić information content (AvgIpc) is 2.19. The number of hydrogen-bond donors (Lipinski definition) is 1. The molecule has 2 rings (SSSR count). The number of nitrogen functional groups attached to an aromatic ring is 1. The Morgan fingerprint density at radius 1 is 1.20 bits per heavy atom.